The normalized spacial score (nSPS) is 10.2. The van der Waals surface area contributed by atoms with Gasteiger partial charge >= 0.3 is 5.97 Å². The topological polar surface area (TPSA) is 81.2 Å². The van der Waals surface area contributed by atoms with Gasteiger partial charge in [0.25, 0.3) is 0 Å². The minimum absolute atomic E-state index is 0.0627. The molecule has 19 heavy (non-hydrogen) atoms. The lowest BCUT2D eigenvalue weighted by Crippen LogP contribution is -2.10. The van der Waals surface area contributed by atoms with Crippen molar-refractivity contribution in [2.24, 2.45) is 0 Å². The van der Waals surface area contributed by atoms with Crippen LogP contribution in [0, 0.1) is 0 Å². The molecule has 1 rings (SSSR count). The molecule has 0 aromatic carbocycles. The Hall–Kier alpha value is -1.50. The van der Waals surface area contributed by atoms with Crippen molar-refractivity contribution in [2.45, 2.75) is 46.0 Å². The van der Waals surface area contributed by atoms with Gasteiger partial charge in [0, 0.05) is 6.42 Å². The maximum atomic E-state index is 11.6. The summed E-state index contributed by atoms with van der Waals surface area (Å²) in [5, 5.41) is 11.3. The number of nitrogens with one attached hydrogen (secondary N) is 1. The minimum Gasteiger partial charge on any atom is -0.466 e. The predicted molar refractivity (Wildman–Crippen MR) is 73.0 cm³/mol. The number of carbonyl (C=O) groups is 2. The number of carbonyl (C=O) groups excluding carboxylic acids is 2. The molecule has 0 atom stereocenters. The first-order valence-electron chi connectivity index (χ1n) is 6.43. The summed E-state index contributed by atoms with van der Waals surface area (Å²) < 4.78 is 4.81. The summed E-state index contributed by atoms with van der Waals surface area (Å²) in [4.78, 5) is 22.8. The molecule has 7 heteroatoms. The number of rotatable bonds is 8. The molecule has 1 aromatic heterocycles. The van der Waals surface area contributed by atoms with E-state index < -0.39 is 0 Å². The number of hydrogen-bond donors (Lipinski definition) is 1. The molecule has 1 N–H and O–H groups in total. The summed E-state index contributed by atoms with van der Waals surface area (Å²) in [6, 6.07) is 0. The Morgan fingerprint density at radius 2 is 2.05 bits per heavy atom. The van der Waals surface area contributed by atoms with Crippen LogP contribution in [0.4, 0.5) is 5.13 Å². The van der Waals surface area contributed by atoms with Gasteiger partial charge in [-0.15, -0.1) is 10.2 Å². The van der Waals surface area contributed by atoms with Gasteiger partial charge in [-0.05, 0) is 13.3 Å². The molecule has 0 radical (unpaired) electrons. The number of ether oxygens (including phenoxy) is 1. The smallest absolute Gasteiger partial charge is 0.312 e. The van der Waals surface area contributed by atoms with Crippen molar-refractivity contribution in [3.8, 4) is 0 Å². The van der Waals surface area contributed by atoms with Crippen molar-refractivity contribution in [1.29, 1.82) is 0 Å². The molecule has 0 aliphatic rings. The van der Waals surface area contributed by atoms with Crippen LogP contribution in [0.25, 0.3) is 0 Å². The highest BCUT2D eigenvalue weighted by molar-refractivity contribution is 7.15. The third-order valence-corrected chi connectivity index (χ3v) is 3.16. The minimum atomic E-state index is -0.334. The summed E-state index contributed by atoms with van der Waals surface area (Å²) in [6.07, 6.45) is 3.57. The largest absolute Gasteiger partial charge is 0.466 e. The fourth-order valence-electron chi connectivity index (χ4n) is 1.43. The number of nitrogens with zero attached hydrogens (tertiary/aromatic N) is 2. The molecule has 0 bridgehead atoms. The Labute approximate surface area is 116 Å². The molecular weight excluding hydrogens is 266 g/mol. The predicted octanol–water partition coefficient (Wildman–Crippen LogP) is 2.16. The van der Waals surface area contributed by atoms with Crippen LogP contribution in [0.3, 0.4) is 0 Å². The number of unbranched alkanes of at least 4 members (excludes halogenated alkanes) is 2. The van der Waals surface area contributed by atoms with Crippen LogP contribution in [-0.2, 0) is 20.7 Å². The van der Waals surface area contributed by atoms with Crippen molar-refractivity contribution in [3.63, 3.8) is 0 Å². The first kappa shape index (κ1) is 15.6. The molecule has 0 aliphatic heterocycles. The van der Waals surface area contributed by atoms with Gasteiger partial charge in [-0.25, -0.2) is 0 Å². The van der Waals surface area contributed by atoms with E-state index in [1.165, 1.54) is 11.3 Å². The second-order valence-electron chi connectivity index (χ2n) is 3.99. The van der Waals surface area contributed by atoms with E-state index in [9.17, 15) is 9.59 Å². The van der Waals surface area contributed by atoms with Crippen molar-refractivity contribution >= 4 is 28.3 Å². The second kappa shape index (κ2) is 8.58. The van der Waals surface area contributed by atoms with Crippen LogP contribution in [0.1, 0.15) is 44.5 Å². The van der Waals surface area contributed by atoms with Crippen LogP contribution >= 0.6 is 11.3 Å². The molecule has 0 unspecified atom stereocenters. The monoisotopic (exact) mass is 285 g/mol. The Morgan fingerprint density at radius 3 is 2.74 bits per heavy atom. The van der Waals surface area contributed by atoms with Gasteiger partial charge in [-0.1, -0.05) is 31.1 Å². The number of aromatic nitrogens is 2. The SMILES string of the molecule is CCCCCC(=O)Nc1nnc(CC(=O)OCC)s1. The van der Waals surface area contributed by atoms with Gasteiger partial charge in [0.15, 0.2) is 0 Å². The molecule has 1 amide bonds. The molecule has 6 nitrogen and oxygen atoms in total. The highest BCUT2D eigenvalue weighted by Gasteiger charge is 2.11. The van der Waals surface area contributed by atoms with E-state index >= 15 is 0 Å². The fourth-order valence-corrected chi connectivity index (χ4v) is 2.17. The highest BCUT2D eigenvalue weighted by atomic mass is 32.1. The summed E-state index contributed by atoms with van der Waals surface area (Å²) in [6.45, 7) is 4.18. The maximum absolute atomic E-state index is 11.6. The number of amides is 1. The maximum Gasteiger partial charge on any atom is 0.312 e. The molecule has 0 aliphatic carbocycles. The number of esters is 1. The van der Waals surface area contributed by atoms with Crippen LogP contribution in [-0.4, -0.2) is 28.7 Å². The Kier molecular flexibility index (Phi) is 7.02. The Balaban J connectivity index is 2.37. The molecule has 0 fully saturated rings. The Morgan fingerprint density at radius 1 is 1.26 bits per heavy atom. The lowest BCUT2D eigenvalue weighted by molar-refractivity contribution is -0.142. The van der Waals surface area contributed by atoms with Crippen molar-refractivity contribution in [3.05, 3.63) is 5.01 Å². The van der Waals surface area contributed by atoms with Gasteiger partial charge in [0.05, 0.1) is 13.0 Å². The molecule has 1 aromatic rings. The van der Waals surface area contributed by atoms with E-state index in [0.717, 1.165) is 19.3 Å². The zero-order valence-electron chi connectivity index (χ0n) is 11.3. The van der Waals surface area contributed by atoms with Crippen LogP contribution in [0.15, 0.2) is 0 Å². The van der Waals surface area contributed by atoms with E-state index in [1.54, 1.807) is 6.92 Å². The van der Waals surface area contributed by atoms with Crippen LogP contribution in [0.2, 0.25) is 0 Å². The van der Waals surface area contributed by atoms with Gasteiger partial charge in [0.2, 0.25) is 11.0 Å². The van der Waals surface area contributed by atoms with E-state index in [4.69, 9.17) is 4.74 Å². The summed E-state index contributed by atoms with van der Waals surface area (Å²) in [7, 11) is 0. The van der Waals surface area contributed by atoms with Crippen molar-refractivity contribution < 1.29 is 14.3 Å². The third-order valence-electron chi connectivity index (χ3n) is 2.32. The first-order valence-corrected chi connectivity index (χ1v) is 7.25. The zero-order chi connectivity index (χ0) is 14.1. The van der Waals surface area contributed by atoms with E-state index in [-0.39, 0.29) is 18.3 Å². The number of anilines is 1. The molecule has 0 saturated heterocycles. The average molecular weight is 285 g/mol. The summed E-state index contributed by atoms with van der Waals surface area (Å²) in [5.41, 5.74) is 0. The lowest BCUT2D eigenvalue weighted by Gasteiger charge is -1.99. The molecular formula is C12H19N3O3S. The van der Waals surface area contributed by atoms with Crippen LogP contribution < -0.4 is 5.32 Å². The summed E-state index contributed by atoms with van der Waals surface area (Å²) in [5.74, 6) is -0.397. The van der Waals surface area contributed by atoms with Gasteiger partial charge in [0.1, 0.15) is 5.01 Å². The molecule has 106 valence electrons. The highest BCUT2D eigenvalue weighted by Crippen LogP contribution is 2.16. The van der Waals surface area contributed by atoms with Crippen molar-refractivity contribution in [1.82, 2.24) is 10.2 Å². The van der Waals surface area contributed by atoms with Gasteiger partial charge in [-0.2, -0.15) is 0 Å². The van der Waals surface area contributed by atoms with Crippen molar-refractivity contribution in [2.75, 3.05) is 11.9 Å². The lowest BCUT2D eigenvalue weighted by atomic mass is 10.2. The third kappa shape index (κ3) is 6.28. The van der Waals surface area contributed by atoms with E-state index in [1.807, 2.05) is 0 Å². The first-order chi connectivity index (χ1) is 9.15. The van der Waals surface area contributed by atoms with Gasteiger partial charge < -0.3 is 10.1 Å². The quantitative estimate of drug-likeness (QED) is 0.584. The molecule has 1 heterocycles. The zero-order valence-corrected chi connectivity index (χ0v) is 12.1. The summed E-state index contributed by atoms with van der Waals surface area (Å²) >= 11 is 1.20. The van der Waals surface area contributed by atoms with E-state index in [0.29, 0.717) is 23.2 Å². The number of hydrogen-bond acceptors (Lipinski definition) is 6. The molecule has 0 saturated carbocycles. The van der Waals surface area contributed by atoms with Crippen LogP contribution in [0.5, 0.6) is 0 Å². The van der Waals surface area contributed by atoms with Gasteiger partial charge in [-0.3, -0.25) is 9.59 Å². The fraction of sp³-hybridized carbons (Fsp3) is 0.667. The second-order valence-corrected chi connectivity index (χ2v) is 5.05. The average Bonchev–Trinajstić information content (AvgIpc) is 2.77. The Bertz CT molecular complexity index is 420. The standard InChI is InChI=1S/C12H19N3O3S/c1-3-5-6-7-9(16)13-12-15-14-10(19-12)8-11(17)18-4-2/h3-8H2,1-2H3,(H,13,15,16). The molecule has 0 spiro atoms. The van der Waals surface area contributed by atoms with E-state index in [2.05, 4.69) is 22.4 Å².